The van der Waals surface area contributed by atoms with Crippen LogP contribution < -0.4 is 0 Å². The van der Waals surface area contributed by atoms with Gasteiger partial charge in [-0.2, -0.15) is 0 Å². The van der Waals surface area contributed by atoms with Crippen molar-refractivity contribution in [2.45, 2.75) is 75.9 Å². The summed E-state index contributed by atoms with van der Waals surface area (Å²) < 4.78 is 0. The van der Waals surface area contributed by atoms with Crippen molar-refractivity contribution in [2.24, 2.45) is 11.3 Å². The average Bonchev–Trinajstić information content (AvgIpc) is 2.62. The van der Waals surface area contributed by atoms with E-state index in [1.807, 2.05) is 5.57 Å². The highest BCUT2D eigenvalue weighted by Gasteiger charge is 2.61. The molecule has 1 spiro atoms. The second-order valence-electron chi connectivity index (χ2n) is 9.66. The van der Waals surface area contributed by atoms with Crippen LogP contribution >= 0.6 is 0 Å². The van der Waals surface area contributed by atoms with Crippen LogP contribution in [0.3, 0.4) is 0 Å². The van der Waals surface area contributed by atoms with Crippen molar-refractivity contribution in [1.82, 2.24) is 14.7 Å². The molecule has 3 heteroatoms. The molecule has 2 bridgehead atoms. The van der Waals surface area contributed by atoms with Crippen molar-refractivity contribution in [3.05, 3.63) is 11.6 Å². The third-order valence-electron chi connectivity index (χ3n) is 8.51. The van der Waals surface area contributed by atoms with Crippen LogP contribution in [0.5, 0.6) is 0 Å². The van der Waals surface area contributed by atoms with Gasteiger partial charge in [-0.1, -0.05) is 24.5 Å². The fourth-order valence-corrected chi connectivity index (χ4v) is 7.87. The summed E-state index contributed by atoms with van der Waals surface area (Å²) in [6, 6.07) is 2.55. The minimum absolute atomic E-state index is 0.557. The normalized spacial score (nSPS) is 48.9. The van der Waals surface area contributed by atoms with Crippen LogP contribution in [0.2, 0.25) is 0 Å². The summed E-state index contributed by atoms with van der Waals surface area (Å²) in [6.07, 6.45) is 15.9. The zero-order valence-electron chi connectivity index (χ0n) is 15.1. The van der Waals surface area contributed by atoms with Crippen molar-refractivity contribution in [3.63, 3.8) is 0 Å². The number of nitrogens with zero attached hydrogens (tertiary/aromatic N) is 3. The van der Waals surface area contributed by atoms with Crippen LogP contribution in [0.25, 0.3) is 0 Å². The maximum Gasteiger partial charge on any atom is 0.0514 e. The Bertz CT molecular complexity index is 557. The van der Waals surface area contributed by atoms with Gasteiger partial charge >= 0.3 is 0 Å². The van der Waals surface area contributed by atoms with E-state index in [1.54, 1.807) is 0 Å². The van der Waals surface area contributed by atoms with Crippen LogP contribution in [-0.4, -0.2) is 65.7 Å². The van der Waals surface area contributed by atoms with E-state index in [4.69, 9.17) is 0 Å². The molecular formula is C21H33N3. The highest BCUT2D eigenvalue weighted by molar-refractivity contribution is 5.31. The first-order valence-electron chi connectivity index (χ1n) is 10.8. The SMILES string of the molecule is C1=C2CCCN3CN4CCCC[C@@H]4[C@]4(C[C@H]1[C@H]1CCCCN1C4)[C@@H]23. The lowest BCUT2D eigenvalue weighted by Gasteiger charge is -2.68. The van der Waals surface area contributed by atoms with Gasteiger partial charge in [-0.3, -0.25) is 14.7 Å². The summed E-state index contributed by atoms with van der Waals surface area (Å²) in [7, 11) is 0. The molecule has 0 N–H and O–H groups in total. The predicted octanol–water partition coefficient (Wildman–Crippen LogP) is 3.08. The molecule has 5 atom stereocenters. The Morgan fingerprint density at radius 3 is 2.67 bits per heavy atom. The van der Waals surface area contributed by atoms with Crippen LogP contribution in [0, 0.1) is 11.3 Å². The third kappa shape index (κ3) is 1.90. The van der Waals surface area contributed by atoms with Gasteiger partial charge in [0.25, 0.3) is 0 Å². The second kappa shape index (κ2) is 5.31. The van der Waals surface area contributed by atoms with Gasteiger partial charge < -0.3 is 0 Å². The molecule has 5 fully saturated rings. The molecule has 6 rings (SSSR count). The zero-order valence-corrected chi connectivity index (χ0v) is 15.1. The number of hydrogen-bond acceptors (Lipinski definition) is 3. The van der Waals surface area contributed by atoms with Crippen molar-refractivity contribution < 1.29 is 0 Å². The lowest BCUT2D eigenvalue weighted by atomic mass is 9.54. The third-order valence-corrected chi connectivity index (χ3v) is 8.51. The molecular weight excluding hydrogens is 294 g/mol. The van der Waals surface area contributed by atoms with Gasteiger partial charge in [0.1, 0.15) is 0 Å². The molecule has 6 aliphatic rings. The van der Waals surface area contributed by atoms with Crippen molar-refractivity contribution in [2.75, 3.05) is 32.8 Å². The molecule has 1 aliphatic carbocycles. The average molecular weight is 328 g/mol. The molecule has 0 saturated carbocycles. The maximum absolute atomic E-state index is 2.95. The smallest absolute Gasteiger partial charge is 0.0514 e. The quantitative estimate of drug-likeness (QED) is 0.633. The minimum atomic E-state index is 0.557. The van der Waals surface area contributed by atoms with Crippen LogP contribution in [0.1, 0.15) is 57.8 Å². The van der Waals surface area contributed by atoms with Gasteiger partial charge in [0, 0.05) is 36.6 Å². The summed E-state index contributed by atoms with van der Waals surface area (Å²) in [6.45, 7) is 6.77. The van der Waals surface area contributed by atoms with Crippen LogP contribution in [0.4, 0.5) is 0 Å². The van der Waals surface area contributed by atoms with Gasteiger partial charge in [-0.15, -0.1) is 0 Å². The molecule has 5 aliphatic heterocycles. The van der Waals surface area contributed by atoms with E-state index in [1.165, 1.54) is 90.6 Å². The Morgan fingerprint density at radius 1 is 0.875 bits per heavy atom. The lowest BCUT2D eigenvalue weighted by molar-refractivity contribution is -0.165. The Labute approximate surface area is 147 Å². The van der Waals surface area contributed by atoms with Crippen molar-refractivity contribution in [1.29, 1.82) is 0 Å². The summed E-state index contributed by atoms with van der Waals surface area (Å²) in [5.41, 5.74) is 2.43. The first-order valence-corrected chi connectivity index (χ1v) is 10.8. The van der Waals surface area contributed by atoms with Gasteiger partial charge in [0.05, 0.1) is 6.67 Å². The Hall–Kier alpha value is -0.380. The number of rotatable bonds is 0. The zero-order chi connectivity index (χ0) is 15.7. The van der Waals surface area contributed by atoms with E-state index >= 15 is 0 Å². The molecule has 0 unspecified atom stereocenters. The van der Waals surface area contributed by atoms with E-state index in [0.717, 1.165) is 24.0 Å². The largest absolute Gasteiger partial charge is 0.299 e. The monoisotopic (exact) mass is 327 g/mol. The van der Waals surface area contributed by atoms with Gasteiger partial charge in [0.15, 0.2) is 0 Å². The predicted molar refractivity (Wildman–Crippen MR) is 96.8 cm³/mol. The van der Waals surface area contributed by atoms with Gasteiger partial charge in [-0.05, 0) is 64.0 Å². The van der Waals surface area contributed by atoms with Crippen molar-refractivity contribution in [3.8, 4) is 0 Å². The highest BCUT2D eigenvalue weighted by atomic mass is 15.4. The van der Waals surface area contributed by atoms with E-state index in [0.29, 0.717) is 5.41 Å². The Kier molecular flexibility index (Phi) is 3.26. The Morgan fingerprint density at radius 2 is 1.71 bits per heavy atom. The standard InChI is InChI=1S/C21H33N3/c1-3-9-22-14-21-13-17(18(22)7-1)12-16-6-5-11-24(20(16)21)15-23-10-4-2-8-19(21)23/h12,17-20H,1-11,13-15H2/t17-,18+,19+,20+,21+/m0/s1. The minimum Gasteiger partial charge on any atom is -0.299 e. The summed E-state index contributed by atoms with van der Waals surface area (Å²) >= 11 is 0. The lowest BCUT2D eigenvalue weighted by Crippen LogP contribution is -2.75. The van der Waals surface area contributed by atoms with E-state index in [9.17, 15) is 0 Å². The molecule has 0 aromatic heterocycles. The maximum atomic E-state index is 2.95. The molecule has 0 aromatic rings. The number of hydrogen-bond donors (Lipinski definition) is 0. The van der Waals surface area contributed by atoms with E-state index in [-0.39, 0.29) is 0 Å². The van der Waals surface area contributed by atoms with Gasteiger partial charge in [0.2, 0.25) is 0 Å². The summed E-state index contributed by atoms with van der Waals surface area (Å²) in [5, 5.41) is 0. The molecule has 3 nitrogen and oxygen atoms in total. The van der Waals surface area contributed by atoms with Gasteiger partial charge in [-0.25, -0.2) is 0 Å². The molecule has 0 amide bonds. The van der Waals surface area contributed by atoms with E-state index in [2.05, 4.69) is 20.8 Å². The fraction of sp³-hybridized carbons (Fsp3) is 0.905. The Balaban J connectivity index is 1.47. The first-order chi connectivity index (χ1) is 11.9. The molecule has 5 heterocycles. The fourth-order valence-electron chi connectivity index (χ4n) is 7.87. The van der Waals surface area contributed by atoms with Crippen molar-refractivity contribution >= 4 is 0 Å². The van der Waals surface area contributed by atoms with Crippen LogP contribution in [-0.2, 0) is 0 Å². The highest BCUT2D eigenvalue weighted by Crippen LogP contribution is 2.57. The van der Waals surface area contributed by atoms with Crippen LogP contribution in [0.15, 0.2) is 11.6 Å². The number of piperidine rings is 4. The summed E-state index contributed by atoms with van der Waals surface area (Å²) in [4.78, 5) is 8.77. The molecule has 0 radical (unpaired) electrons. The molecule has 132 valence electrons. The molecule has 24 heavy (non-hydrogen) atoms. The first kappa shape index (κ1) is 14.8. The number of fused-ring (bicyclic) bond motifs is 4. The molecule has 0 aromatic carbocycles. The topological polar surface area (TPSA) is 9.72 Å². The second-order valence-corrected chi connectivity index (χ2v) is 9.66. The van der Waals surface area contributed by atoms with E-state index < -0.39 is 0 Å². The summed E-state index contributed by atoms with van der Waals surface area (Å²) in [5.74, 6) is 0.868. The molecule has 5 saturated heterocycles.